The van der Waals surface area contributed by atoms with Crippen LogP contribution in [0.3, 0.4) is 0 Å². The second kappa shape index (κ2) is 7.00. The third-order valence-corrected chi connectivity index (χ3v) is 4.29. The fourth-order valence-corrected chi connectivity index (χ4v) is 2.95. The van der Waals surface area contributed by atoms with E-state index in [0.29, 0.717) is 5.84 Å². The van der Waals surface area contributed by atoms with Gasteiger partial charge >= 0.3 is 0 Å². The van der Waals surface area contributed by atoms with E-state index in [1.165, 1.54) is 32.1 Å². The Labute approximate surface area is 106 Å². The van der Waals surface area contributed by atoms with Crippen LogP contribution in [0.25, 0.3) is 0 Å². The first-order valence-electron chi connectivity index (χ1n) is 7.16. The molecule has 1 aliphatic carbocycles. The number of amidine groups is 1. The topological polar surface area (TPSA) is 53.1 Å². The normalized spacial score (nSPS) is 27.1. The molecule has 0 heterocycles. The predicted octanol–water partition coefficient (Wildman–Crippen LogP) is 2.85. The molecule has 0 radical (unpaired) electrons. The van der Waals surface area contributed by atoms with Crippen LogP contribution in [0.15, 0.2) is 0 Å². The lowest BCUT2D eigenvalue weighted by Crippen LogP contribution is -2.43. The number of hydrogen-bond acceptors (Lipinski definition) is 2. The second-order valence-corrected chi connectivity index (χ2v) is 5.54. The van der Waals surface area contributed by atoms with E-state index >= 15 is 0 Å². The highest BCUT2D eigenvalue weighted by molar-refractivity contribution is 5.79. The zero-order valence-electron chi connectivity index (χ0n) is 11.7. The monoisotopic (exact) mass is 239 g/mol. The largest absolute Gasteiger partial charge is 0.387 e. The molecule has 0 aromatic rings. The van der Waals surface area contributed by atoms with Crippen molar-refractivity contribution in [1.29, 1.82) is 5.41 Å². The minimum atomic E-state index is 0.192. The van der Waals surface area contributed by atoms with Gasteiger partial charge in [0.25, 0.3) is 0 Å². The number of nitrogens with zero attached hydrogens (tertiary/aromatic N) is 1. The third kappa shape index (κ3) is 4.30. The molecule has 0 amide bonds. The molecule has 3 N–H and O–H groups in total. The first-order valence-corrected chi connectivity index (χ1v) is 7.16. The van der Waals surface area contributed by atoms with Crippen molar-refractivity contribution in [2.75, 3.05) is 13.1 Å². The first-order chi connectivity index (χ1) is 8.08. The summed E-state index contributed by atoms with van der Waals surface area (Å²) in [6.07, 6.45) is 6.77. The molecule has 1 saturated carbocycles. The van der Waals surface area contributed by atoms with Crippen LogP contribution < -0.4 is 5.73 Å². The predicted molar refractivity (Wildman–Crippen MR) is 74.4 cm³/mol. The molecule has 17 heavy (non-hydrogen) atoms. The van der Waals surface area contributed by atoms with E-state index in [1.807, 2.05) is 0 Å². The van der Waals surface area contributed by atoms with Gasteiger partial charge in [0.1, 0.15) is 0 Å². The molecule has 0 bridgehead atoms. The first kappa shape index (κ1) is 14.5. The molecule has 1 aliphatic rings. The minimum absolute atomic E-state index is 0.192. The average Bonchev–Trinajstić information content (AvgIpc) is 2.35. The van der Waals surface area contributed by atoms with Gasteiger partial charge in [0, 0.05) is 18.5 Å². The average molecular weight is 239 g/mol. The van der Waals surface area contributed by atoms with Gasteiger partial charge in [-0.2, -0.15) is 0 Å². The summed E-state index contributed by atoms with van der Waals surface area (Å²) in [7, 11) is 0. The van der Waals surface area contributed by atoms with Gasteiger partial charge in [0.15, 0.2) is 0 Å². The van der Waals surface area contributed by atoms with Crippen LogP contribution >= 0.6 is 0 Å². The number of nitrogens with two attached hydrogens (primary N) is 1. The van der Waals surface area contributed by atoms with Crippen LogP contribution in [0, 0.1) is 17.2 Å². The van der Waals surface area contributed by atoms with Crippen LogP contribution in [0.1, 0.15) is 52.9 Å². The summed E-state index contributed by atoms with van der Waals surface area (Å²) in [6, 6.07) is 0.723. The van der Waals surface area contributed by atoms with Gasteiger partial charge < -0.3 is 5.73 Å². The van der Waals surface area contributed by atoms with E-state index in [9.17, 15) is 0 Å². The van der Waals surface area contributed by atoms with E-state index < -0.39 is 0 Å². The Morgan fingerprint density at radius 1 is 1.41 bits per heavy atom. The summed E-state index contributed by atoms with van der Waals surface area (Å²) in [4.78, 5) is 2.54. The van der Waals surface area contributed by atoms with Crippen LogP contribution in [-0.2, 0) is 0 Å². The van der Waals surface area contributed by atoms with E-state index in [1.54, 1.807) is 0 Å². The highest BCUT2D eigenvalue weighted by Crippen LogP contribution is 2.29. The van der Waals surface area contributed by atoms with Crippen molar-refractivity contribution >= 4 is 5.84 Å². The third-order valence-electron chi connectivity index (χ3n) is 4.29. The van der Waals surface area contributed by atoms with Crippen LogP contribution in [-0.4, -0.2) is 29.9 Å². The van der Waals surface area contributed by atoms with Gasteiger partial charge in [0.2, 0.25) is 0 Å². The van der Waals surface area contributed by atoms with Gasteiger partial charge in [-0.1, -0.05) is 40.0 Å². The minimum Gasteiger partial charge on any atom is -0.387 e. The highest BCUT2D eigenvalue weighted by atomic mass is 15.2. The van der Waals surface area contributed by atoms with Crippen molar-refractivity contribution < 1.29 is 0 Å². The van der Waals surface area contributed by atoms with E-state index in [2.05, 4.69) is 25.7 Å². The fraction of sp³-hybridized carbons (Fsp3) is 0.929. The van der Waals surface area contributed by atoms with Gasteiger partial charge in [-0.3, -0.25) is 10.3 Å². The zero-order valence-corrected chi connectivity index (χ0v) is 11.7. The van der Waals surface area contributed by atoms with Crippen molar-refractivity contribution in [3.8, 4) is 0 Å². The van der Waals surface area contributed by atoms with Gasteiger partial charge in [-0.05, 0) is 25.3 Å². The molecule has 0 spiro atoms. The lowest BCUT2D eigenvalue weighted by molar-refractivity contribution is 0.127. The Balaban J connectivity index is 2.51. The molecular formula is C14H29N3. The fourth-order valence-electron chi connectivity index (χ4n) is 2.95. The van der Waals surface area contributed by atoms with E-state index in [4.69, 9.17) is 11.1 Å². The molecule has 3 unspecified atom stereocenters. The Morgan fingerprint density at radius 3 is 2.65 bits per heavy atom. The van der Waals surface area contributed by atoms with Crippen molar-refractivity contribution in [1.82, 2.24) is 4.90 Å². The molecule has 1 rings (SSSR count). The summed E-state index contributed by atoms with van der Waals surface area (Å²) in [5.41, 5.74) is 5.58. The molecule has 0 aromatic heterocycles. The summed E-state index contributed by atoms with van der Waals surface area (Å²) in [5.74, 6) is 1.43. The van der Waals surface area contributed by atoms with E-state index in [-0.39, 0.29) is 5.92 Å². The second-order valence-electron chi connectivity index (χ2n) is 5.54. The Hall–Kier alpha value is -0.570. The summed E-state index contributed by atoms with van der Waals surface area (Å²) in [5, 5.41) is 7.51. The van der Waals surface area contributed by atoms with E-state index in [0.717, 1.165) is 25.0 Å². The van der Waals surface area contributed by atoms with Gasteiger partial charge in [-0.25, -0.2) is 0 Å². The SMILES string of the molecule is CCC1CCCC(N(CC)CC(C)C(=N)N)C1. The van der Waals surface area contributed by atoms with Crippen LogP contribution in [0.2, 0.25) is 0 Å². The number of hydrogen-bond donors (Lipinski definition) is 2. The Morgan fingerprint density at radius 2 is 2.12 bits per heavy atom. The smallest absolute Gasteiger partial charge is 0.0947 e. The maximum absolute atomic E-state index is 7.51. The summed E-state index contributed by atoms with van der Waals surface area (Å²) >= 11 is 0. The Kier molecular flexibility index (Phi) is 5.96. The Bertz CT molecular complexity index is 240. The number of nitrogens with one attached hydrogen (secondary N) is 1. The molecule has 1 fully saturated rings. The molecular weight excluding hydrogens is 210 g/mol. The quantitative estimate of drug-likeness (QED) is 0.553. The standard InChI is InChI=1S/C14H29N3/c1-4-12-7-6-8-13(9-12)17(5-2)10-11(3)14(15)16/h11-13H,4-10H2,1-3H3,(H3,15,16). The highest BCUT2D eigenvalue weighted by Gasteiger charge is 2.26. The lowest BCUT2D eigenvalue weighted by atomic mass is 9.83. The molecule has 3 atom stereocenters. The number of rotatable bonds is 6. The van der Waals surface area contributed by atoms with Crippen molar-refractivity contribution in [3.63, 3.8) is 0 Å². The van der Waals surface area contributed by atoms with Crippen LogP contribution in [0.4, 0.5) is 0 Å². The molecule has 0 aliphatic heterocycles. The molecule has 3 heteroatoms. The van der Waals surface area contributed by atoms with Gasteiger partial charge in [0.05, 0.1) is 5.84 Å². The maximum Gasteiger partial charge on any atom is 0.0947 e. The zero-order chi connectivity index (χ0) is 12.8. The maximum atomic E-state index is 7.51. The van der Waals surface area contributed by atoms with Crippen LogP contribution in [0.5, 0.6) is 0 Å². The molecule has 0 saturated heterocycles. The summed E-state index contributed by atoms with van der Waals surface area (Å²) in [6.45, 7) is 8.63. The molecule has 3 nitrogen and oxygen atoms in total. The summed E-state index contributed by atoms with van der Waals surface area (Å²) < 4.78 is 0. The van der Waals surface area contributed by atoms with Crippen molar-refractivity contribution in [3.05, 3.63) is 0 Å². The van der Waals surface area contributed by atoms with Crippen molar-refractivity contribution in [2.45, 2.75) is 58.9 Å². The molecule has 0 aromatic carbocycles. The lowest BCUT2D eigenvalue weighted by Gasteiger charge is -2.38. The van der Waals surface area contributed by atoms with Gasteiger partial charge in [-0.15, -0.1) is 0 Å². The van der Waals surface area contributed by atoms with Crippen molar-refractivity contribution in [2.24, 2.45) is 17.6 Å². The molecule has 100 valence electrons.